The largest absolute Gasteiger partial charge is 0.382 e. The minimum Gasteiger partial charge on any atom is -0.382 e. The predicted molar refractivity (Wildman–Crippen MR) is 101 cm³/mol. The lowest BCUT2D eigenvalue weighted by Gasteiger charge is -2.33. The fraction of sp³-hybridized carbons (Fsp3) is 0.579. The maximum absolute atomic E-state index is 12.8. The Labute approximate surface area is 160 Å². The van der Waals surface area contributed by atoms with Crippen LogP contribution in [0.25, 0.3) is 0 Å². The second-order valence-electron chi connectivity index (χ2n) is 7.72. The number of hydrogen-bond acceptors (Lipinski definition) is 5. The number of carbonyl (C=O) groups excluding carboxylic acids is 2. The number of amides is 3. The van der Waals surface area contributed by atoms with E-state index in [0.717, 1.165) is 17.7 Å². The lowest BCUT2D eigenvalue weighted by atomic mass is 9.77. The lowest BCUT2D eigenvalue weighted by molar-refractivity contribution is -0.132. The van der Waals surface area contributed by atoms with Gasteiger partial charge in [-0.15, -0.1) is 0 Å². The van der Waals surface area contributed by atoms with Crippen molar-refractivity contribution < 1.29 is 22.2 Å². The van der Waals surface area contributed by atoms with Crippen LogP contribution in [0.2, 0.25) is 0 Å². The summed E-state index contributed by atoms with van der Waals surface area (Å²) in [6, 6.07) is 4.84. The highest BCUT2D eigenvalue weighted by Crippen LogP contribution is 2.36. The summed E-state index contributed by atoms with van der Waals surface area (Å²) in [5.41, 5.74) is 0.563. The number of imide groups is 1. The Kier molecular flexibility index (Phi) is 5.20. The van der Waals surface area contributed by atoms with Gasteiger partial charge in [-0.05, 0) is 56.6 Å². The lowest BCUT2D eigenvalue weighted by Crippen LogP contribution is -2.49. The molecule has 1 saturated carbocycles. The molecule has 3 rings (SSSR count). The van der Waals surface area contributed by atoms with Gasteiger partial charge in [0.25, 0.3) is 5.91 Å². The van der Waals surface area contributed by atoms with Crippen molar-refractivity contribution >= 4 is 22.1 Å². The third-order valence-electron chi connectivity index (χ3n) is 5.56. The number of aryl methyl sites for hydroxylation is 2. The van der Waals surface area contributed by atoms with Crippen molar-refractivity contribution in [3.05, 3.63) is 29.3 Å². The van der Waals surface area contributed by atoms with Crippen LogP contribution in [0.15, 0.2) is 18.2 Å². The van der Waals surface area contributed by atoms with Gasteiger partial charge in [0, 0.05) is 6.54 Å². The first-order valence-corrected chi connectivity index (χ1v) is 10.8. The fourth-order valence-electron chi connectivity index (χ4n) is 3.78. The molecule has 3 amide bonds. The number of rotatable bonds is 5. The van der Waals surface area contributed by atoms with Crippen LogP contribution < -0.4 is 9.50 Å². The van der Waals surface area contributed by atoms with Gasteiger partial charge in [0.1, 0.15) is 17.0 Å². The molecule has 27 heavy (non-hydrogen) atoms. The number of para-hydroxylation sites is 1. The van der Waals surface area contributed by atoms with Crippen molar-refractivity contribution in [3.8, 4) is 5.75 Å². The molecule has 0 bridgehead atoms. The first-order valence-electron chi connectivity index (χ1n) is 9.26. The Morgan fingerprint density at radius 3 is 2.37 bits per heavy atom. The van der Waals surface area contributed by atoms with Crippen molar-refractivity contribution in [1.29, 1.82) is 0 Å². The van der Waals surface area contributed by atoms with Gasteiger partial charge >= 0.3 is 16.1 Å². The van der Waals surface area contributed by atoms with Crippen LogP contribution in [0.1, 0.15) is 43.7 Å². The maximum Gasteiger partial charge on any atom is 0.325 e. The molecule has 2 aliphatic rings. The Morgan fingerprint density at radius 1 is 1.19 bits per heavy atom. The summed E-state index contributed by atoms with van der Waals surface area (Å²) in [7, 11) is -3.94. The summed E-state index contributed by atoms with van der Waals surface area (Å²) in [6.45, 7) is 5.45. The standard InChI is InChI=1S/C19H26N2O5S/c1-13-7-9-19(10-8-13)17(22)21(18(23)20-19)11-12-27(24,25)26-16-14(2)5-4-6-15(16)3/h4-6,13H,7-12H2,1-3H3,(H,20,23). The second kappa shape index (κ2) is 7.14. The third kappa shape index (κ3) is 3.95. The van der Waals surface area contributed by atoms with Crippen LogP contribution in [0.3, 0.4) is 0 Å². The Balaban J connectivity index is 1.67. The van der Waals surface area contributed by atoms with Gasteiger partial charge in [-0.3, -0.25) is 9.69 Å². The van der Waals surface area contributed by atoms with Crippen molar-refractivity contribution in [2.45, 2.75) is 52.0 Å². The van der Waals surface area contributed by atoms with E-state index >= 15 is 0 Å². The van der Waals surface area contributed by atoms with Gasteiger partial charge in [0.05, 0.1) is 0 Å². The van der Waals surface area contributed by atoms with E-state index in [2.05, 4.69) is 12.2 Å². The van der Waals surface area contributed by atoms with Crippen molar-refractivity contribution in [3.63, 3.8) is 0 Å². The molecule has 1 spiro atoms. The number of benzene rings is 1. The van der Waals surface area contributed by atoms with Crippen LogP contribution in [0.4, 0.5) is 4.79 Å². The minimum absolute atomic E-state index is 0.213. The summed E-state index contributed by atoms with van der Waals surface area (Å²) in [5, 5.41) is 2.80. The normalized spacial score (nSPS) is 25.7. The molecule has 1 aliphatic carbocycles. The zero-order valence-electron chi connectivity index (χ0n) is 15.9. The Morgan fingerprint density at radius 2 is 1.78 bits per heavy atom. The number of nitrogens with one attached hydrogen (secondary N) is 1. The van der Waals surface area contributed by atoms with E-state index in [1.165, 1.54) is 0 Å². The highest BCUT2D eigenvalue weighted by molar-refractivity contribution is 7.87. The van der Waals surface area contributed by atoms with Gasteiger partial charge < -0.3 is 9.50 Å². The highest BCUT2D eigenvalue weighted by Gasteiger charge is 2.52. The van der Waals surface area contributed by atoms with Crippen molar-refractivity contribution in [1.82, 2.24) is 10.2 Å². The molecule has 8 heteroatoms. The molecule has 1 aliphatic heterocycles. The second-order valence-corrected chi connectivity index (χ2v) is 9.41. The maximum atomic E-state index is 12.8. The Hall–Kier alpha value is -2.09. The molecule has 1 aromatic rings. The average molecular weight is 394 g/mol. The van der Waals surface area contributed by atoms with Gasteiger partial charge in [0.2, 0.25) is 0 Å². The molecule has 7 nitrogen and oxygen atoms in total. The molecule has 1 N–H and O–H groups in total. The monoisotopic (exact) mass is 394 g/mol. The average Bonchev–Trinajstić information content (AvgIpc) is 2.83. The fourth-order valence-corrected chi connectivity index (χ4v) is 4.78. The number of carbonyl (C=O) groups is 2. The molecule has 0 aromatic heterocycles. The topological polar surface area (TPSA) is 92.8 Å². The smallest absolute Gasteiger partial charge is 0.325 e. The van der Waals surface area contributed by atoms with Gasteiger partial charge in [0.15, 0.2) is 0 Å². The van der Waals surface area contributed by atoms with E-state index in [0.29, 0.717) is 35.6 Å². The number of nitrogens with zero attached hydrogens (tertiary/aromatic N) is 1. The summed E-state index contributed by atoms with van der Waals surface area (Å²) in [5.74, 6) is 0.0708. The summed E-state index contributed by atoms with van der Waals surface area (Å²) < 4.78 is 30.0. The molecular weight excluding hydrogens is 368 g/mol. The van der Waals surface area contributed by atoms with E-state index in [1.54, 1.807) is 26.0 Å². The molecule has 148 valence electrons. The summed E-state index contributed by atoms with van der Waals surface area (Å²) in [6.07, 6.45) is 2.93. The molecule has 0 unspecified atom stereocenters. The Bertz CT molecular complexity index is 837. The van der Waals surface area contributed by atoms with E-state index < -0.39 is 27.4 Å². The van der Waals surface area contributed by atoms with Crippen LogP contribution >= 0.6 is 0 Å². The first-order chi connectivity index (χ1) is 12.6. The highest BCUT2D eigenvalue weighted by atomic mass is 32.2. The molecule has 0 radical (unpaired) electrons. The SMILES string of the molecule is Cc1cccc(C)c1OS(=O)(=O)CCN1C(=O)NC2(CCC(C)CC2)C1=O. The molecule has 1 saturated heterocycles. The van der Waals surface area contributed by atoms with E-state index in [4.69, 9.17) is 4.18 Å². The van der Waals surface area contributed by atoms with E-state index in [-0.39, 0.29) is 12.5 Å². The van der Waals surface area contributed by atoms with Gasteiger partial charge in [-0.25, -0.2) is 4.79 Å². The summed E-state index contributed by atoms with van der Waals surface area (Å²) >= 11 is 0. The first kappa shape index (κ1) is 19.7. The minimum atomic E-state index is -3.94. The molecule has 0 atom stereocenters. The van der Waals surface area contributed by atoms with E-state index in [1.807, 2.05) is 6.07 Å². The quantitative estimate of drug-likeness (QED) is 0.612. The van der Waals surface area contributed by atoms with Crippen LogP contribution in [0, 0.1) is 19.8 Å². The van der Waals surface area contributed by atoms with Crippen LogP contribution in [-0.4, -0.2) is 43.1 Å². The number of hydrogen-bond donors (Lipinski definition) is 1. The zero-order chi connectivity index (χ0) is 19.8. The van der Waals surface area contributed by atoms with E-state index in [9.17, 15) is 18.0 Å². The van der Waals surface area contributed by atoms with Crippen LogP contribution in [0.5, 0.6) is 5.75 Å². The molecule has 1 aromatic carbocycles. The predicted octanol–water partition coefficient (Wildman–Crippen LogP) is 2.51. The summed E-state index contributed by atoms with van der Waals surface area (Å²) in [4.78, 5) is 26.1. The van der Waals surface area contributed by atoms with Crippen molar-refractivity contribution in [2.24, 2.45) is 5.92 Å². The third-order valence-corrected chi connectivity index (χ3v) is 6.66. The van der Waals surface area contributed by atoms with Crippen molar-refractivity contribution in [2.75, 3.05) is 12.3 Å². The molecule has 2 fully saturated rings. The number of urea groups is 1. The zero-order valence-corrected chi connectivity index (χ0v) is 16.8. The van der Waals surface area contributed by atoms with Gasteiger partial charge in [-0.1, -0.05) is 25.1 Å². The molecular formula is C19H26N2O5S. The van der Waals surface area contributed by atoms with Gasteiger partial charge in [-0.2, -0.15) is 8.42 Å². The van der Waals surface area contributed by atoms with Crippen LogP contribution in [-0.2, 0) is 14.9 Å². The molecule has 1 heterocycles.